The van der Waals surface area contributed by atoms with E-state index in [0.717, 1.165) is 16.0 Å². The fourth-order valence-corrected chi connectivity index (χ4v) is 2.47. The van der Waals surface area contributed by atoms with Gasteiger partial charge in [0.2, 0.25) is 0 Å². The molecule has 0 atom stereocenters. The van der Waals surface area contributed by atoms with Gasteiger partial charge in [-0.1, -0.05) is 22.8 Å². The summed E-state index contributed by atoms with van der Waals surface area (Å²) in [5, 5.41) is 16.4. The van der Waals surface area contributed by atoms with Crippen LogP contribution in [0.25, 0.3) is 21.5 Å². The van der Waals surface area contributed by atoms with Gasteiger partial charge in [0, 0.05) is 0 Å². The van der Waals surface area contributed by atoms with Gasteiger partial charge in [-0.3, -0.25) is 0 Å². The Morgan fingerprint density at radius 2 is 2.19 bits per heavy atom. The summed E-state index contributed by atoms with van der Waals surface area (Å²) < 4.78 is 5.15. The molecule has 3 rings (SSSR count). The molecule has 1 aromatic carbocycles. The molecule has 0 radical (unpaired) electrons. The van der Waals surface area contributed by atoms with Crippen LogP contribution in [0.5, 0.6) is 5.75 Å². The normalized spacial score (nSPS) is 11.1. The molecule has 0 spiro atoms. The van der Waals surface area contributed by atoms with Crippen LogP contribution < -0.4 is 0 Å². The smallest absolute Gasteiger partial charge is 0.189 e. The fourth-order valence-electron chi connectivity index (χ4n) is 1.55. The molecule has 5 heteroatoms. The molecule has 0 aliphatic heterocycles. The minimum atomic E-state index is 0.00282. The number of fused-ring (bicyclic) bond motifs is 1. The Balaban J connectivity index is 2.34. The maximum atomic E-state index is 9.44. The third kappa shape index (κ3) is 1.31. The summed E-state index contributed by atoms with van der Waals surface area (Å²) in [6, 6.07) is 7.20. The van der Waals surface area contributed by atoms with E-state index in [1.54, 1.807) is 23.5 Å². The predicted molar refractivity (Wildman–Crippen MR) is 64.0 cm³/mol. The average molecular weight is 252 g/mol. The van der Waals surface area contributed by atoms with Crippen molar-refractivity contribution < 1.29 is 9.63 Å². The Kier molecular flexibility index (Phi) is 2.12. The third-order valence-corrected chi connectivity index (χ3v) is 3.56. The second-order valence-electron chi connectivity index (χ2n) is 3.28. The molecule has 80 valence electrons. The zero-order valence-corrected chi connectivity index (χ0v) is 9.55. The molecule has 0 saturated carbocycles. The van der Waals surface area contributed by atoms with Crippen LogP contribution in [-0.2, 0) is 0 Å². The minimum Gasteiger partial charge on any atom is -0.506 e. The SMILES string of the molecule is Oc1ccc2c(-c3cccs3)noc2c1Cl. The summed E-state index contributed by atoms with van der Waals surface area (Å²) in [6.07, 6.45) is 0. The lowest BCUT2D eigenvalue weighted by Crippen LogP contribution is -1.73. The van der Waals surface area contributed by atoms with Gasteiger partial charge >= 0.3 is 0 Å². The molecule has 16 heavy (non-hydrogen) atoms. The number of aromatic hydroxyl groups is 1. The molecule has 0 amide bonds. The first-order chi connectivity index (χ1) is 7.77. The minimum absolute atomic E-state index is 0.00282. The predicted octanol–water partition coefficient (Wildman–Crippen LogP) is 3.92. The molecular weight excluding hydrogens is 246 g/mol. The van der Waals surface area contributed by atoms with Crippen molar-refractivity contribution in [2.75, 3.05) is 0 Å². The van der Waals surface area contributed by atoms with E-state index in [0.29, 0.717) is 5.58 Å². The maximum absolute atomic E-state index is 9.44. The van der Waals surface area contributed by atoms with Gasteiger partial charge in [0.05, 0.1) is 10.3 Å². The number of nitrogens with zero attached hydrogens (tertiary/aromatic N) is 1. The van der Waals surface area contributed by atoms with Gasteiger partial charge in [-0.25, -0.2) is 0 Å². The average Bonchev–Trinajstić information content (AvgIpc) is 2.91. The summed E-state index contributed by atoms with van der Waals surface area (Å²) in [5.41, 5.74) is 1.18. The van der Waals surface area contributed by atoms with Crippen molar-refractivity contribution in [2.24, 2.45) is 0 Å². The highest BCUT2D eigenvalue weighted by Gasteiger charge is 2.15. The molecule has 3 aromatic rings. The first-order valence-corrected chi connectivity index (χ1v) is 5.84. The van der Waals surface area contributed by atoms with E-state index in [1.807, 2.05) is 17.5 Å². The molecule has 0 bridgehead atoms. The molecule has 1 N–H and O–H groups in total. The molecule has 2 aromatic heterocycles. The van der Waals surface area contributed by atoms with E-state index in [-0.39, 0.29) is 10.8 Å². The van der Waals surface area contributed by atoms with Crippen LogP contribution in [0, 0.1) is 0 Å². The highest BCUT2D eigenvalue weighted by Crippen LogP contribution is 2.37. The monoisotopic (exact) mass is 251 g/mol. The van der Waals surface area contributed by atoms with Crippen molar-refractivity contribution in [2.45, 2.75) is 0 Å². The molecule has 0 aliphatic rings. The fraction of sp³-hybridized carbons (Fsp3) is 0. The standard InChI is InChI=1S/C11H6ClNO2S/c12-9-7(14)4-3-6-10(13-15-11(6)9)8-2-1-5-16-8/h1-5,14H. The topological polar surface area (TPSA) is 46.3 Å². The first-order valence-electron chi connectivity index (χ1n) is 4.58. The number of thiophene rings is 1. The number of rotatable bonds is 1. The largest absolute Gasteiger partial charge is 0.506 e. The molecule has 2 heterocycles. The molecule has 3 nitrogen and oxygen atoms in total. The number of benzene rings is 1. The van der Waals surface area contributed by atoms with Crippen molar-refractivity contribution in [1.29, 1.82) is 0 Å². The summed E-state index contributed by atoms with van der Waals surface area (Å²) in [6.45, 7) is 0. The van der Waals surface area contributed by atoms with Crippen LogP contribution in [0.2, 0.25) is 5.02 Å². The summed E-state index contributed by atoms with van der Waals surface area (Å²) in [4.78, 5) is 1.01. The number of hydrogen-bond donors (Lipinski definition) is 1. The van der Waals surface area contributed by atoms with Gasteiger partial charge in [-0.2, -0.15) is 0 Å². The second kappa shape index (κ2) is 3.50. The Morgan fingerprint density at radius 1 is 1.31 bits per heavy atom. The van der Waals surface area contributed by atoms with Crippen molar-refractivity contribution in [1.82, 2.24) is 5.16 Å². The van der Waals surface area contributed by atoms with E-state index < -0.39 is 0 Å². The summed E-state index contributed by atoms with van der Waals surface area (Å²) in [7, 11) is 0. The van der Waals surface area contributed by atoms with Gasteiger partial charge < -0.3 is 9.63 Å². The number of aromatic nitrogens is 1. The highest BCUT2D eigenvalue weighted by atomic mass is 35.5. The maximum Gasteiger partial charge on any atom is 0.189 e. The van der Waals surface area contributed by atoms with Gasteiger partial charge in [-0.15, -0.1) is 11.3 Å². The first kappa shape index (κ1) is 9.69. The number of hydrogen-bond acceptors (Lipinski definition) is 4. The number of phenols is 1. The van der Waals surface area contributed by atoms with E-state index in [1.165, 1.54) is 0 Å². The van der Waals surface area contributed by atoms with Crippen molar-refractivity contribution >= 4 is 33.9 Å². The lowest BCUT2D eigenvalue weighted by molar-refractivity contribution is 0.451. The van der Waals surface area contributed by atoms with Crippen LogP contribution in [0.15, 0.2) is 34.2 Å². The molecule has 0 saturated heterocycles. The highest BCUT2D eigenvalue weighted by molar-refractivity contribution is 7.13. The zero-order valence-electron chi connectivity index (χ0n) is 7.98. The summed E-state index contributed by atoms with van der Waals surface area (Å²) in [5.74, 6) is 0.00282. The van der Waals surface area contributed by atoms with E-state index in [9.17, 15) is 5.11 Å². The van der Waals surface area contributed by atoms with Crippen LogP contribution in [-0.4, -0.2) is 10.3 Å². The van der Waals surface area contributed by atoms with Crippen LogP contribution >= 0.6 is 22.9 Å². The van der Waals surface area contributed by atoms with E-state index >= 15 is 0 Å². The quantitative estimate of drug-likeness (QED) is 0.713. The van der Waals surface area contributed by atoms with Crippen molar-refractivity contribution in [3.8, 4) is 16.3 Å². The van der Waals surface area contributed by atoms with Crippen LogP contribution in [0.3, 0.4) is 0 Å². The van der Waals surface area contributed by atoms with Crippen molar-refractivity contribution in [3.05, 3.63) is 34.7 Å². The van der Waals surface area contributed by atoms with E-state index in [2.05, 4.69) is 5.16 Å². The third-order valence-electron chi connectivity index (χ3n) is 2.31. The zero-order chi connectivity index (χ0) is 11.1. The van der Waals surface area contributed by atoms with Gasteiger partial charge in [0.25, 0.3) is 0 Å². The Bertz CT molecular complexity index is 645. The number of halogens is 1. The second-order valence-corrected chi connectivity index (χ2v) is 4.61. The van der Waals surface area contributed by atoms with Gasteiger partial charge in [0.15, 0.2) is 5.58 Å². The van der Waals surface area contributed by atoms with Gasteiger partial charge in [-0.05, 0) is 23.6 Å². The molecule has 0 aliphatic carbocycles. The van der Waals surface area contributed by atoms with Crippen molar-refractivity contribution in [3.63, 3.8) is 0 Å². The Labute approximate surface area is 99.9 Å². The van der Waals surface area contributed by atoms with Gasteiger partial charge in [0.1, 0.15) is 16.5 Å². The Hall–Kier alpha value is -1.52. The summed E-state index contributed by atoms with van der Waals surface area (Å²) >= 11 is 7.50. The number of phenolic OH excluding ortho intramolecular Hbond substituents is 1. The molecular formula is C11H6ClNO2S. The molecule has 0 fully saturated rings. The van der Waals surface area contributed by atoms with Crippen LogP contribution in [0.4, 0.5) is 0 Å². The van der Waals surface area contributed by atoms with E-state index in [4.69, 9.17) is 16.1 Å². The van der Waals surface area contributed by atoms with Crippen LogP contribution in [0.1, 0.15) is 0 Å². The molecule has 0 unspecified atom stereocenters. The Morgan fingerprint density at radius 3 is 2.94 bits per heavy atom. The lowest BCUT2D eigenvalue weighted by atomic mass is 10.2. The lowest BCUT2D eigenvalue weighted by Gasteiger charge is -1.95.